The van der Waals surface area contributed by atoms with Gasteiger partial charge >= 0.3 is 0 Å². The molecule has 5 nitrogen and oxygen atoms in total. The third kappa shape index (κ3) is 3.92. The molecule has 0 fully saturated rings. The lowest BCUT2D eigenvalue weighted by Crippen LogP contribution is -2.31. The summed E-state index contributed by atoms with van der Waals surface area (Å²) in [6.45, 7) is 1.80. The van der Waals surface area contributed by atoms with E-state index in [9.17, 15) is 4.79 Å². The Morgan fingerprint density at radius 1 is 1.11 bits per heavy atom. The van der Waals surface area contributed by atoms with Crippen LogP contribution in [0.4, 0.5) is 11.4 Å². The Hall–Kier alpha value is -3.34. The fraction of sp³-hybridized carbons (Fsp3) is 0.182. The second-order valence-corrected chi connectivity index (χ2v) is 6.73. The first-order chi connectivity index (χ1) is 13.2. The van der Waals surface area contributed by atoms with Crippen LogP contribution in [0.5, 0.6) is 0 Å². The van der Waals surface area contributed by atoms with E-state index < -0.39 is 0 Å². The monoisotopic (exact) mass is 358 g/mol. The fourth-order valence-corrected chi connectivity index (χ4v) is 3.43. The highest BCUT2D eigenvalue weighted by molar-refractivity contribution is 6.03. The summed E-state index contributed by atoms with van der Waals surface area (Å²) in [5.41, 5.74) is 5.54. The normalized spacial score (nSPS) is 13.6. The number of carbonyl (C=O) groups is 1. The summed E-state index contributed by atoms with van der Waals surface area (Å²) >= 11 is 0. The van der Waals surface area contributed by atoms with E-state index >= 15 is 0 Å². The first-order valence-electron chi connectivity index (χ1n) is 9.07. The second-order valence-electron chi connectivity index (χ2n) is 6.73. The smallest absolute Gasteiger partial charge is 0.248 e. The van der Waals surface area contributed by atoms with E-state index in [-0.39, 0.29) is 5.91 Å². The zero-order valence-electron chi connectivity index (χ0n) is 15.3. The van der Waals surface area contributed by atoms with Gasteiger partial charge < -0.3 is 10.2 Å². The summed E-state index contributed by atoms with van der Waals surface area (Å²) in [6, 6.07) is 16.5. The minimum atomic E-state index is -0.149. The molecule has 5 heteroatoms. The standard InChI is InChI=1S/C22H22N4O/c1-25-15-17(14-23-25)10-11-22(27)24-20-8-4-5-9-21(20)26-13-12-18-6-2-3-7-19(18)16-26/h2-11,14-15H,12-13,16H2,1H3,(H,24,27). The van der Waals surface area contributed by atoms with Gasteiger partial charge in [0, 0.05) is 38.0 Å². The first kappa shape index (κ1) is 17.1. The number of carbonyl (C=O) groups excluding carboxylic acids is 1. The number of aromatic nitrogens is 2. The van der Waals surface area contributed by atoms with E-state index in [0.29, 0.717) is 0 Å². The lowest BCUT2D eigenvalue weighted by Gasteiger charge is -2.32. The van der Waals surface area contributed by atoms with E-state index in [1.807, 2.05) is 31.4 Å². The molecule has 2 aromatic carbocycles. The number of aryl methyl sites for hydroxylation is 1. The number of rotatable bonds is 4. The van der Waals surface area contributed by atoms with Crippen molar-refractivity contribution in [1.82, 2.24) is 9.78 Å². The van der Waals surface area contributed by atoms with Gasteiger partial charge in [0.25, 0.3) is 0 Å². The Balaban J connectivity index is 1.50. The van der Waals surface area contributed by atoms with Gasteiger partial charge in [-0.2, -0.15) is 5.10 Å². The fourth-order valence-electron chi connectivity index (χ4n) is 3.43. The van der Waals surface area contributed by atoms with Crippen LogP contribution in [0.25, 0.3) is 6.08 Å². The van der Waals surface area contributed by atoms with Crippen LogP contribution in [-0.4, -0.2) is 22.2 Å². The molecule has 0 aliphatic carbocycles. The molecule has 0 saturated heterocycles. The molecule has 0 unspecified atom stereocenters. The number of nitrogens with zero attached hydrogens (tertiary/aromatic N) is 3. The molecule has 2 heterocycles. The second kappa shape index (κ2) is 7.50. The number of nitrogens with one attached hydrogen (secondary N) is 1. The molecule has 0 atom stereocenters. The topological polar surface area (TPSA) is 50.2 Å². The van der Waals surface area contributed by atoms with Crippen molar-refractivity contribution in [3.63, 3.8) is 0 Å². The van der Waals surface area contributed by atoms with E-state index in [1.54, 1.807) is 23.0 Å². The maximum absolute atomic E-state index is 12.4. The molecule has 0 saturated carbocycles. The lowest BCUT2D eigenvalue weighted by atomic mass is 9.99. The van der Waals surface area contributed by atoms with Crippen molar-refractivity contribution in [3.8, 4) is 0 Å². The van der Waals surface area contributed by atoms with Gasteiger partial charge in [0.15, 0.2) is 0 Å². The van der Waals surface area contributed by atoms with Crippen LogP contribution in [0.15, 0.2) is 67.0 Å². The zero-order chi connectivity index (χ0) is 18.6. The number of hydrogen-bond donors (Lipinski definition) is 1. The molecule has 0 spiro atoms. The quantitative estimate of drug-likeness (QED) is 0.725. The predicted octanol–water partition coefficient (Wildman–Crippen LogP) is 3.63. The van der Waals surface area contributed by atoms with Crippen LogP contribution in [-0.2, 0) is 24.8 Å². The largest absolute Gasteiger partial charge is 0.365 e. The lowest BCUT2D eigenvalue weighted by molar-refractivity contribution is -0.111. The van der Waals surface area contributed by atoms with Gasteiger partial charge in [-0.05, 0) is 35.8 Å². The van der Waals surface area contributed by atoms with Crippen LogP contribution >= 0.6 is 0 Å². The van der Waals surface area contributed by atoms with Crippen LogP contribution < -0.4 is 10.2 Å². The molecule has 4 rings (SSSR count). The summed E-state index contributed by atoms with van der Waals surface area (Å²) in [5, 5.41) is 7.11. The van der Waals surface area contributed by atoms with E-state index in [4.69, 9.17) is 0 Å². The van der Waals surface area contributed by atoms with Crippen molar-refractivity contribution in [3.05, 3.63) is 83.7 Å². The maximum Gasteiger partial charge on any atom is 0.248 e. The Kier molecular flexibility index (Phi) is 4.75. The van der Waals surface area contributed by atoms with Gasteiger partial charge in [-0.1, -0.05) is 36.4 Å². The first-order valence-corrected chi connectivity index (χ1v) is 9.07. The van der Waals surface area contributed by atoms with Gasteiger partial charge in [-0.3, -0.25) is 9.48 Å². The highest BCUT2D eigenvalue weighted by atomic mass is 16.1. The molecule has 1 aromatic heterocycles. The molecule has 0 bridgehead atoms. The highest BCUT2D eigenvalue weighted by Gasteiger charge is 2.18. The number of fused-ring (bicyclic) bond motifs is 1. The number of benzene rings is 2. The van der Waals surface area contributed by atoms with Crippen molar-refractivity contribution < 1.29 is 4.79 Å². The number of para-hydroxylation sites is 2. The van der Waals surface area contributed by atoms with Gasteiger partial charge in [0.05, 0.1) is 17.6 Å². The molecule has 1 N–H and O–H groups in total. The van der Waals surface area contributed by atoms with Crippen LogP contribution in [0.3, 0.4) is 0 Å². The third-order valence-electron chi connectivity index (χ3n) is 4.79. The van der Waals surface area contributed by atoms with Crippen molar-refractivity contribution in [2.45, 2.75) is 13.0 Å². The Bertz CT molecular complexity index is 989. The van der Waals surface area contributed by atoms with Crippen molar-refractivity contribution in [1.29, 1.82) is 0 Å². The van der Waals surface area contributed by atoms with Crippen molar-refractivity contribution in [2.75, 3.05) is 16.8 Å². The minimum absolute atomic E-state index is 0.149. The van der Waals surface area contributed by atoms with Gasteiger partial charge in [0.1, 0.15) is 0 Å². The van der Waals surface area contributed by atoms with Crippen molar-refractivity contribution >= 4 is 23.4 Å². The average molecular weight is 358 g/mol. The number of hydrogen-bond acceptors (Lipinski definition) is 3. The summed E-state index contributed by atoms with van der Waals surface area (Å²) in [6.07, 6.45) is 7.91. The van der Waals surface area contributed by atoms with Crippen LogP contribution in [0.2, 0.25) is 0 Å². The van der Waals surface area contributed by atoms with Gasteiger partial charge in [-0.25, -0.2) is 0 Å². The molecule has 0 radical (unpaired) electrons. The van der Waals surface area contributed by atoms with E-state index in [1.165, 1.54) is 11.1 Å². The molecule has 136 valence electrons. The average Bonchev–Trinajstić information content (AvgIpc) is 3.12. The number of amides is 1. The molecular weight excluding hydrogens is 336 g/mol. The van der Waals surface area contributed by atoms with Gasteiger partial charge in [-0.15, -0.1) is 0 Å². The maximum atomic E-state index is 12.4. The minimum Gasteiger partial charge on any atom is -0.365 e. The summed E-state index contributed by atoms with van der Waals surface area (Å²) in [7, 11) is 1.85. The Morgan fingerprint density at radius 3 is 2.70 bits per heavy atom. The molecule has 27 heavy (non-hydrogen) atoms. The van der Waals surface area contributed by atoms with Crippen LogP contribution in [0.1, 0.15) is 16.7 Å². The summed E-state index contributed by atoms with van der Waals surface area (Å²) in [4.78, 5) is 14.7. The van der Waals surface area contributed by atoms with Gasteiger partial charge in [0.2, 0.25) is 5.91 Å². The SMILES string of the molecule is Cn1cc(C=CC(=O)Nc2ccccc2N2CCc3ccccc3C2)cn1. The summed E-state index contributed by atoms with van der Waals surface area (Å²) in [5.74, 6) is -0.149. The zero-order valence-corrected chi connectivity index (χ0v) is 15.3. The highest BCUT2D eigenvalue weighted by Crippen LogP contribution is 2.30. The van der Waals surface area contributed by atoms with Crippen LogP contribution in [0, 0.1) is 0 Å². The Morgan fingerprint density at radius 2 is 1.89 bits per heavy atom. The molecule has 1 amide bonds. The molecule has 1 aliphatic rings. The van der Waals surface area contributed by atoms with Crippen molar-refractivity contribution in [2.24, 2.45) is 7.05 Å². The van der Waals surface area contributed by atoms with E-state index in [2.05, 4.69) is 45.6 Å². The third-order valence-corrected chi connectivity index (χ3v) is 4.79. The molecular formula is C22H22N4O. The van der Waals surface area contributed by atoms with E-state index in [0.717, 1.165) is 36.4 Å². The molecule has 1 aliphatic heterocycles. The number of anilines is 2. The Labute approximate surface area is 158 Å². The summed E-state index contributed by atoms with van der Waals surface area (Å²) < 4.78 is 1.71. The molecule has 3 aromatic rings. The predicted molar refractivity (Wildman–Crippen MR) is 109 cm³/mol.